The van der Waals surface area contributed by atoms with E-state index in [4.69, 9.17) is 10.8 Å². The monoisotopic (exact) mass is 239 g/mol. The molecule has 0 heterocycles. The third-order valence-electron chi connectivity index (χ3n) is 2.49. The van der Waals surface area contributed by atoms with Crippen LogP contribution >= 0.6 is 0 Å². The SMILES string of the molecule is CC(C)(F)Cc1ccccc1CC(N)C(=O)O. The van der Waals surface area contributed by atoms with E-state index in [9.17, 15) is 9.18 Å². The van der Waals surface area contributed by atoms with Gasteiger partial charge in [0, 0.05) is 6.42 Å². The van der Waals surface area contributed by atoms with E-state index >= 15 is 0 Å². The second kappa shape index (κ2) is 5.27. The number of hydrogen-bond donors (Lipinski definition) is 2. The molecular formula is C13H18FNO2. The van der Waals surface area contributed by atoms with Crippen LogP contribution in [0.15, 0.2) is 24.3 Å². The maximum atomic E-state index is 13.6. The fourth-order valence-electron chi connectivity index (χ4n) is 1.71. The van der Waals surface area contributed by atoms with Crippen LogP contribution < -0.4 is 5.73 Å². The molecule has 1 rings (SSSR count). The van der Waals surface area contributed by atoms with E-state index in [0.717, 1.165) is 11.1 Å². The van der Waals surface area contributed by atoms with Gasteiger partial charge in [-0.05, 0) is 31.4 Å². The Morgan fingerprint density at radius 2 is 1.94 bits per heavy atom. The predicted octanol–water partition coefficient (Wildman–Crippen LogP) is 1.93. The Bertz CT molecular complexity index is 399. The Balaban J connectivity index is 2.88. The molecule has 94 valence electrons. The van der Waals surface area contributed by atoms with Crippen molar-refractivity contribution >= 4 is 5.97 Å². The van der Waals surface area contributed by atoms with Crippen molar-refractivity contribution in [2.24, 2.45) is 5.73 Å². The van der Waals surface area contributed by atoms with E-state index in [0.29, 0.717) is 0 Å². The molecule has 0 amide bonds. The second-order valence-electron chi connectivity index (χ2n) is 4.81. The Morgan fingerprint density at radius 1 is 1.41 bits per heavy atom. The van der Waals surface area contributed by atoms with E-state index in [1.54, 1.807) is 12.1 Å². The van der Waals surface area contributed by atoms with Gasteiger partial charge in [0.15, 0.2) is 0 Å². The van der Waals surface area contributed by atoms with Crippen molar-refractivity contribution in [2.75, 3.05) is 0 Å². The number of aliphatic carboxylic acids is 1. The van der Waals surface area contributed by atoms with Gasteiger partial charge in [0.25, 0.3) is 0 Å². The van der Waals surface area contributed by atoms with Crippen molar-refractivity contribution in [1.29, 1.82) is 0 Å². The first-order valence-electron chi connectivity index (χ1n) is 5.53. The number of halogens is 1. The molecule has 0 spiro atoms. The molecule has 1 aromatic carbocycles. The highest BCUT2D eigenvalue weighted by molar-refractivity contribution is 5.73. The van der Waals surface area contributed by atoms with Gasteiger partial charge < -0.3 is 10.8 Å². The Morgan fingerprint density at radius 3 is 2.41 bits per heavy atom. The highest BCUT2D eigenvalue weighted by atomic mass is 19.1. The van der Waals surface area contributed by atoms with Crippen molar-refractivity contribution in [3.05, 3.63) is 35.4 Å². The normalized spacial score (nSPS) is 13.4. The van der Waals surface area contributed by atoms with E-state index < -0.39 is 17.7 Å². The highest BCUT2D eigenvalue weighted by Gasteiger charge is 2.20. The summed E-state index contributed by atoms with van der Waals surface area (Å²) >= 11 is 0. The Hall–Kier alpha value is -1.42. The van der Waals surface area contributed by atoms with Crippen LogP contribution in [0.3, 0.4) is 0 Å². The van der Waals surface area contributed by atoms with Crippen LogP contribution in [0.5, 0.6) is 0 Å². The lowest BCUT2D eigenvalue weighted by Gasteiger charge is -2.17. The van der Waals surface area contributed by atoms with Crippen molar-refractivity contribution in [3.63, 3.8) is 0 Å². The van der Waals surface area contributed by atoms with Crippen LogP contribution in [0.25, 0.3) is 0 Å². The lowest BCUT2D eigenvalue weighted by Crippen LogP contribution is -2.32. The maximum Gasteiger partial charge on any atom is 0.320 e. The molecule has 0 saturated carbocycles. The fourth-order valence-corrected chi connectivity index (χ4v) is 1.71. The maximum absolute atomic E-state index is 13.6. The van der Waals surface area contributed by atoms with Gasteiger partial charge in [-0.1, -0.05) is 24.3 Å². The van der Waals surface area contributed by atoms with Crippen LogP contribution in [0.2, 0.25) is 0 Å². The van der Waals surface area contributed by atoms with Crippen molar-refractivity contribution in [2.45, 2.75) is 38.4 Å². The zero-order valence-electron chi connectivity index (χ0n) is 10.1. The van der Waals surface area contributed by atoms with Gasteiger partial charge in [-0.15, -0.1) is 0 Å². The number of hydrogen-bond acceptors (Lipinski definition) is 2. The summed E-state index contributed by atoms with van der Waals surface area (Å²) in [6.45, 7) is 3.00. The standard InChI is InChI=1S/C13H18FNO2/c1-13(2,14)8-10-6-4-3-5-9(10)7-11(15)12(16)17/h3-6,11H,7-8,15H2,1-2H3,(H,16,17). The number of carboxylic acid groups (broad SMARTS) is 1. The van der Waals surface area contributed by atoms with Gasteiger partial charge in [0.05, 0.1) is 0 Å². The molecule has 1 aromatic rings. The van der Waals surface area contributed by atoms with E-state index in [1.807, 2.05) is 12.1 Å². The van der Waals surface area contributed by atoms with Gasteiger partial charge in [-0.2, -0.15) is 0 Å². The first-order chi connectivity index (χ1) is 7.79. The minimum atomic E-state index is -1.32. The summed E-state index contributed by atoms with van der Waals surface area (Å²) in [5.41, 5.74) is 5.79. The minimum absolute atomic E-state index is 0.224. The van der Waals surface area contributed by atoms with Crippen molar-refractivity contribution < 1.29 is 14.3 Å². The third kappa shape index (κ3) is 4.53. The van der Waals surface area contributed by atoms with Crippen molar-refractivity contribution in [1.82, 2.24) is 0 Å². The smallest absolute Gasteiger partial charge is 0.320 e. The van der Waals surface area contributed by atoms with Crippen LogP contribution in [0.4, 0.5) is 4.39 Å². The predicted molar refractivity (Wildman–Crippen MR) is 64.6 cm³/mol. The average molecular weight is 239 g/mol. The molecule has 0 aromatic heterocycles. The number of alkyl halides is 1. The summed E-state index contributed by atoms with van der Waals surface area (Å²) < 4.78 is 13.6. The quantitative estimate of drug-likeness (QED) is 0.825. The Kier molecular flexibility index (Phi) is 4.23. The summed E-state index contributed by atoms with van der Waals surface area (Å²) in [7, 11) is 0. The largest absolute Gasteiger partial charge is 0.480 e. The molecule has 0 fully saturated rings. The zero-order valence-corrected chi connectivity index (χ0v) is 10.1. The topological polar surface area (TPSA) is 63.3 Å². The van der Waals surface area contributed by atoms with Crippen LogP contribution in [-0.2, 0) is 17.6 Å². The summed E-state index contributed by atoms with van der Waals surface area (Å²) in [4.78, 5) is 10.7. The Labute approximate surface area is 100 Å². The van der Waals surface area contributed by atoms with Gasteiger partial charge >= 0.3 is 5.97 Å². The van der Waals surface area contributed by atoms with Gasteiger partial charge in [-0.25, -0.2) is 4.39 Å². The molecule has 0 aliphatic heterocycles. The highest BCUT2D eigenvalue weighted by Crippen LogP contribution is 2.20. The first-order valence-corrected chi connectivity index (χ1v) is 5.53. The number of carbonyl (C=O) groups is 1. The summed E-state index contributed by atoms with van der Waals surface area (Å²) in [5.74, 6) is -1.04. The molecule has 1 atom stereocenters. The average Bonchev–Trinajstić information content (AvgIpc) is 2.18. The first kappa shape index (κ1) is 13.6. The lowest BCUT2D eigenvalue weighted by atomic mass is 9.93. The minimum Gasteiger partial charge on any atom is -0.480 e. The van der Waals surface area contributed by atoms with Gasteiger partial charge in [0.2, 0.25) is 0 Å². The van der Waals surface area contributed by atoms with Gasteiger partial charge in [0.1, 0.15) is 11.7 Å². The zero-order chi connectivity index (χ0) is 13.1. The van der Waals surface area contributed by atoms with Gasteiger partial charge in [-0.3, -0.25) is 4.79 Å². The summed E-state index contributed by atoms with van der Waals surface area (Å²) in [5, 5.41) is 8.77. The molecule has 3 N–H and O–H groups in total. The van der Waals surface area contributed by atoms with Crippen LogP contribution in [-0.4, -0.2) is 22.8 Å². The molecule has 0 aliphatic carbocycles. The number of carboxylic acids is 1. The molecule has 0 saturated heterocycles. The third-order valence-corrected chi connectivity index (χ3v) is 2.49. The van der Waals surface area contributed by atoms with Crippen LogP contribution in [0, 0.1) is 0 Å². The molecule has 17 heavy (non-hydrogen) atoms. The fraction of sp³-hybridized carbons (Fsp3) is 0.462. The summed E-state index contributed by atoms with van der Waals surface area (Å²) in [6, 6.07) is 6.28. The molecular weight excluding hydrogens is 221 g/mol. The van der Waals surface area contributed by atoms with Crippen molar-refractivity contribution in [3.8, 4) is 0 Å². The van der Waals surface area contributed by atoms with E-state index in [2.05, 4.69) is 0 Å². The molecule has 0 aliphatic rings. The molecule has 4 heteroatoms. The molecule has 3 nitrogen and oxygen atoms in total. The van der Waals surface area contributed by atoms with Crippen LogP contribution in [0.1, 0.15) is 25.0 Å². The van der Waals surface area contributed by atoms with E-state index in [-0.39, 0.29) is 12.8 Å². The van der Waals surface area contributed by atoms with E-state index in [1.165, 1.54) is 13.8 Å². The molecule has 0 radical (unpaired) electrons. The summed E-state index contributed by atoms with van der Waals surface area (Å²) in [6.07, 6.45) is 0.483. The lowest BCUT2D eigenvalue weighted by molar-refractivity contribution is -0.138. The number of rotatable bonds is 5. The number of benzene rings is 1. The number of nitrogens with two attached hydrogens (primary N) is 1. The second-order valence-corrected chi connectivity index (χ2v) is 4.81. The molecule has 1 unspecified atom stereocenters. The molecule has 0 bridgehead atoms.